The Morgan fingerprint density at radius 2 is 0.906 bits per heavy atom. The standard InChI is InChI=1S/C55H101NO8/c1-3-5-7-9-11-13-15-17-18-19-20-21-22-23-24-25-26-27-28-29-30-31-32-33-35-37-39-41-43-45-51(59)56-48(47-63-55-54(62)53(61)52(60)50(46-57)64-55)49(58)44-42-40-38-36-34-16-14-12-10-8-6-4-2/h10,12,23-24,34,36,42,44,48-50,52-55,57-58,60-62H,3-9,11,13-22,25-33,35,37-41,43,45-47H2,1-2H3,(H,56,59)/b12-10+,24-23-,36-34+,44-42+. The van der Waals surface area contributed by atoms with Crippen LogP contribution in [0.2, 0.25) is 0 Å². The van der Waals surface area contributed by atoms with Gasteiger partial charge in [-0.15, -0.1) is 0 Å². The molecule has 0 aromatic rings. The Kier molecular flexibility index (Phi) is 42.3. The fourth-order valence-corrected chi connectivity index (χ4v) is 8.29. The first-order chi connectivity index (χ1) is 31.3. The van der Waals surface area contributed by atoms with Gasteiger partial charge in [0.25, 0.3) is 0 Å². The molecule has 1 aliphatic heterocycles. The molecule has 1 amide bonds. The Morgan fingerprint density at radius 3 is 1.36 bits per heavy atom. The molecule has 64 heavy (non-hydrogen) atoms. The van der Waals surface area contributed by atoms with Crippen LogP contribution >= 0.6 is 0 Å². The third-order valence-corrected chi connectivity index (χ3v) is 12.6. The summed E-state index contributed by atoms with van der Waals surface area (Å²) in [4.78, 5) is 13.0. The molecule has 0 aliphatic carbocycles. The molecule has 9 nitrogen and oxygen atoms in total. The van der Waals surface area contributed by atoms with Gasteiger partial charge in [-0.05, 0) is 64.2 Å². The lowest BCUT2D eigenvalue weighted by Crippen LogP contribution is -2.60. The van der Waals surface area contributed by atoms with Gasteiger partial charge >= 0.3 is 0 Å². The summed E-state index contributed by atoms with van der Waals surface area (Å²) in [5, 5.41) is 54.2. The van der Waals surface area contributed by atoms with E-state index in [0.29, 0.717) is 6.42 Å². The van der Waals surface area contributed by atoms with Crippen LogP contribution in [0.25, 0.3) is 0 Å². The molecule has 0 radical (unpaired) electrons. The molecule has 1 fully saturated rings. The maximum atomic E-state index is 13.0. The molecule has 0 aromatic heterocycles. The van der Waals surface area contributed by atoms with E-state index in [4.69, 9.17) is 9.47 Å². The highest BCUT2D eigenvalue weighted by molar-refractivity contribution is 5.76. The fraction of sp³-hybridized carbons (Fsp3) is 0.836. The predicted octanol–water partition coefficient (Wildman–Crippen LogP) is 12.6. The first-order valence-electron chi connectivity index (χ1n) is 26.9. The van der Waals surface area contributed by atoms with Crippen molar-refractivity contribution in [1.29, 1.82) is 0 Å². The Hall–Kier alpha value is -1.85. The lowest BCUT2D eigenvalue weighted by molar-refractivity contribution is -0.302. The molecular weight excluding hydrogens is 803 g/mol. The van der Waals surface area contributed by atoms with Crippen molar-refractivity contribution in [1.82, 2.24) is 5.32 Å². The van der Waals surface area contributed by atoms with Gasteiger partial charge in [-0.2, -0.15) is 0 Å². The Bertz CT molecular complexity index is 1140. The van der Waals surface area contributed by atoms with E-state index in [-0.39, 0.29) is 12.5 Å². The monoisotopic (exact) mass is 904 g/mol. The smallest absolute Gasteiger partial charge is 0.220 e. The van der Waals surface area contributed by atoms with Crippen molar-refractivity contribution in [3.63, 3.8) is 0 Å². The van der Waals surface area contributed by atoms with Crippen molar-refractivity contribution in [2.24, 2.45) is 0 Å². The van der Waals surface area contributed by atoms with E-state index < -0.39 is 49.5 Å². The number of amides is 1. The molecule has 7 atom stereocenters. The lowest BCUT2D eigenvalue weighted by Gasteiger charge is -2.40. The molecule has 0 saturated carbocycles. The minimum Gasteiger partial charge on any atom is -0.394 e. The maximum absolute atomic E-state index is 13.0. The number of aliphatic hydroxyl groups is 5. The average molecular weight is 904 g/mol. The van der Waals surface area contributed by atoms with Crippen molar-refractivity contribution in [2.75, 3.05) is 13.2 Å². The molecular formula is C55H101NO8. The topological polar surface area (TPSA) is 149 Å². The van der Waals surface area contributed by atoms with Gasteiger partial charge in [-0.1, -0.05) is 217 Å². The molecule has 1 saturated heterocycles. The average Bonchev–Trinajstić information content (AvgIpc) is 3.29. The van der Waals surface area contributed by atoms with Crippen molar-refractivity contribution >= 4 is 5.91 Å². The van der Waals surface area contributed by atoms with Crippen LogP contribution in [0.15, 0.2) is 48.6 Å². The fourth-order valence-electron chi connectivity index (χ4n) is 8.29. The summed E-state index contributed by atoms with van der Waals surface area (Å²) in [6, 6.07) is -0.827. The second-order valence-electron chi connectivity index (χ2n) is 18.6. The van der Waals surface area contributed by atoms with E-state index in [1.165, 1.54) is 167 Å². The third-order valence-electron chi connectivity index (χ3n) is 12.6. The molecule has 1 rings (SSSR count). The number of allylic oxidation sites excluding steroid dienone is 7. The summed E-state index contributed by atoms with van der Waals surface area (Å²) in [7, 11) is 0. The van der Waals surface area contributed by atoms with E-state index in [1.54, 1.807) is 6.08 Å². The van der Waals surface area contributed by atoms with E-state index >= 15 is 0 Å². The Labute approximate surface area is 393 Å². The number of carbonyl (C=O) groups is 1. The van der Waals surface area contributed by atoms with Gasteiger partial charge in [0.05, 0.1) is 25.4 Å². The normalized spacial score (nSPS) is 20.4. The molecule has 9 heteroatoms. The van der Waals surface area contributed by atoms with Crippen LogP contribution in [0.1, 0.15) is 239 Å². The zero-order valence-corrected chi connectivity index (χ0v) is 41.3. The Morgan fingerprint density at radius 1 is 0.516 bits per heavy atom. The van der Waals surface area contributed by atoms with Crippen LogP contribution in [0.5, 0.6) is 0 Å². The van der Waals surface area contributed by atoms with Crippen LogP contribution in [0.4, 0.5) is 0 Å². The Balaban J connectivity index is 2.17. The molecule has 7 unspecified atom stereocenters. The second-order valence-corrected chi connectivity index (χ2v) is 18.6. The molecule has 0 spiro atoms. The minimum absolute atomic E-state index is 0.192. The summed E-state index contributed by atoms with van der Waals surface area (Å²) in [6.45, 7) is 3.71. The number of ether oxygens (including phenoxy) is 2. The van der Waals surface area contributed by atoms with Crippen LogP contribution < -0.4 is 5.32 Å². The molecule has 1 heterocycles. The number of rotatable bonds is 45. The number of hydrogen-bond acceptors (Lipinski definition) is 8. The molecule has 6 N–H and O–H groups in total. The highest BCUT2D eigenvalue weighted by Crippen LogP contribution is 2.23. The van der Waals surface area contributed by atoms with Gasteiger partial charge in [-0.25, -0.2) is 0 Å². The van der Waals surface area contributed by atoms with Gasteiger partial charge in [-0.3, -0.25) is 4.79 Å². The van der Waals surface area contributed by atoms with E-state index in [2.05, 4.69) is 55.6 Å². The summed E-state index contributed by atoms with van der Waals surface area (Å²) in [6.07, 6.45) is 51.9. The summed E-state index contributed by atoms with van der Waals surface area (Å²) in [5.74, 6) is -0.192. The first-order valence-corrected chi connectivity index (χ1v) is 26.9. The van der Waals surface area contributed by atoms with E-state index in [0.717, 1.165) is 51.4 Å². The van der Waals surface area contributed by atoms with Gasteiger partial charge in [0.1, 0.15) is 24.4 Å². The lowest BCUT2D eigenvalue weighted by atomic mass is 9.99. The van der Waals surface area contributed by atoms with Gasteiger partial charge in [0, 0.05) is 6.42 Å². The summed E-state index contributed by atoms with van der Waals surface area (Å²) in [5.41, 5.74) is 0. The zero-order chi connectivity index (χ0) is 46.6. The largest absolute Gasteiger partial charge is 0.394 e. The highest BCUT2D eigenvalue weighted by Gasteiger charge is 2.44. The quantitative estimate of drug-likeness (QED) is 0.0261. The number of aliphatic hydroxyl groups excluding tert-OH is 5. The molecule has 0 aromatic carbocycles. The third kappa shape index (κ3) is 34.5. The maximum Gasteiger partial charge on any atom is 0.220 e. The van der Waals surface area contributed by atoms with Crippen LogP contribution in [-0.2, 0) is 14.3 Å². The summed E-state index contributed by atoms with van der Waals surface area (Å²) >= 11 is 0. The van der Waals surface area contributed by atoms with Crippen molar-refractivity contribution in [3.05, 3.63) is 48.6 Å². The number of nitrogens with one attached hydrogen (secondary N) is 1. The molecule has 0 bridgehead atoms. The van der Waals surface area contributed by atoms with Crippen LogP contribution in [0, 0.1) is 0 Å². The summed E-state index contributed by atoms with van der Waals surface area (Å²) < 4.78 is 11.2. The van der Waals surface area contributed by atoms with Crippen molar-refractivity contribution in [3.8, 4) is 0 Å². The minimum atomic E-state index is -1.57. The van der Waals surface area contributed by atoms with E-state index in [9.17, 15) is 30.3 Å². The number of carbonyl (C=O) groups excluding carboxylic acids is 1. The zero-order valence-electron chi connectivity index (χ0n) is 41.3. The van der Waals surface area contributed by atoms with Crippen LogP contribution in [0.3, 0.4) is 0 Å². The van der Waals surface area contributed by atoms with Gasteiger partial charge in [0.15, 0.2) is 6.29 Å². The first kappa shape index (κ1) is 60.2. The van der Waals surface area contributed by atoms with E-state index in [1.807, 2.05) is 6.08 Å². The van der Waals surface area contributed by atoms with Gasteiger partial charge < -0.3 is 40.3 Å². The number of unbranched alkanes of at least 4 members (excludes halogenated alkanes) is 29. The van der Waals surface area contributed by atoms with Crippen molar-refractivity contribution < 1.29 is 39.8 Å². The predicted molar refractivity (Wildman–Crippen MR) is 267 cm³/mol. The highest BCUT2D eigenvalue weighted by atomic mass is 16.7. The van der Waals surface area contributed by atoms with Gasteiger partial charge in [0.2, 0.25) is 5.91 Å². The van der Waals surface area contributed by atoms with Crippen molar-refractivity contribution in [2.45, 2.75) is 281 Å². The molecule has 1 aliphatic rings. The van der Waals surface area contributed by atoms with Crippen LogP contribution in [-0.4, -0.2) is 87.5 Å². The molecule has 374 valence electrons. The SMILES string of the molecule is CCCC/C=C/CC/C=C/CC/C=C/C(O)C(COC1OC(CO)C(O)C(O)C1O)NC(=O)CCCCCCCCCCCCCCC/C=C\CCCCCCCCCCCCCC. The number of hydrogen-bond donors (Lipinski definition) is 6. The second kappa shape index (κ2) is 45.0.